The molecule has 0 saturated heterocycles. The van der Waals surface area contributed by atoms with E-state index >= 15 is 0 Å². The maximum atomic E-state index is 8.52. The smallest absolute Gasteiger partial charge is 4.00 e. The van der Waals surface area contributed by atoms with Gasteiger partial charge in [-0.1, -0.05) is 0 Å². The van der Waals surface area contributed by atoms with Crippen LogP contribution in [0.2, 0.25) is 0 Å². The third-order valence-corrected chi connectivity index (χ3v) is 0. The Bertz CT molecular complexity index is 427. The van der Waals surface area contributed by atoms with Gasteiger partial charge in [0.25, 0.3) is 0 Å². The standard InChI is InChI=1S/Ba.Mo.3H2O4S.2S.Si/c;;3*1-5(2,3)4;;;/h;;3*(H2,1,2,3,4);;;/q+2;;;;;;;+4/p-6. The van der Waals surface area contributed by atoms with Crippen LogP contribution in [-0.2, 0) is 46.1 Å². The fraction of sp³-hybridized carbons (Fsp3) is 0. The Morgan fingerprint density at radius 3 is 0.600 bits per heavy atom. The van der Waals surface area contributed by atoms with Crippen LogP contribution in [0.1, 0.15) is 0 Å². The van der Waals surface area contributed by atoms with Crippen LogP contribution in [0.15, 0.2) is 0 Å². The molecular weight excluding hydrogens is 614 g/mol. The Balaban J connectivity index is -0.0000000321. The van der Waals surface area contributed by atoms with E-state index in [2.05, 4.69) is 19.6 Å². The Hall–Kier alpha value is 2.53. The van der Waals surface area contributed by atoms with Gasteiger partial charge in [-0.3, -0.25) is 25.3 Å². The number of rotatable bonds is 0. The Kier molecular flexibility index (Phi) is 37.4. The van der Waals surface area contributed by atoms with Gasteiger partial charge in [0.05, 0.1) is 0 Å². The molecule has 0 aromatic rings. The van der Waals surface area contributed by atoms with Gasteiger partial charge in [-0.15, -0.1) is 0 Å². The summed E-state index contributed by atoms with van der Waals surface area (Å²) in [5, 5.41) is 0. The van der Waals surface area contributed by atoms with Crippen molar-refractivity contribution in [2.75, 3.05) is 0 Å². The van der Waals surface area contributed by atoms with Gasteiger partial charge < -0.3 is 27.3 Å². The minimum atomic E-state index is -5.17. The molecule has 0 amide bonds. The minimum absolute atomic E-state index is 0. The number of hydrogen-bond donors (Lipinski definition) is 0. The molecule has 0 radical (unpaired) electrons. The van der Waals surface area contributed by atoms with E-state index in [4.69, 9.17) is 52.6 Å². The number of hydrogen-bond acceptors (Lipinski definition) is 14. The zero-order valence-electron chi connectivity index (χ0n) is 8.56. The summed E-state index contributed by atoms with van der Waals surface area (Å²) in [6, 6.07) is 0. The summed E-state index contributed by atoms with van der Waals surface area (Å²) in [4.78, 5) is 0. The van der Waals surface area contributed by atoms with Gasteiger partial charge in [-0.25, -0.2) is 0 Å². The maximum absolute atomic E-state index is 8.52. The molecule has 114 valence electrons. The molecule has 0 spiro atoms. The summed E-state index contributed by atoms with van der Waals surface area (Å²) < 4.78 is 102. The third kappa shape index (κ3) is 1230. The van der Waals surface area contributed by atoms with E-state index in [9.17, 15) is 0 Å². The molecule has 0 aliphatic heterocycles. The zero-order valence-corrected chi connectivity index (χ0v) is 20.1. The van der Waals surface area contributed by atoms with Gasteiger partial charge in [0.1, 0.15) is 0 Å². The maximum Gasteiger partial charge on any atom is 4.00 e. The molecule has 0 atom stereocenters. The fourth-order valence-corrected chi connectivity index (χ4v) is 0. The second-order valence-corrected chi connectivity index (χ2v) is 7.30. The van der Waals surface area contributed by atoms with Crippen molar-refractivity contribution in [3.8, 4) is 0 Å². The Morgan fingerprint density at radius 1 is 0.600 bits per heavy atom. The molecule has 0 N–H and O–H groups in total. The van der Waals surface area contributed by atoms with Gasteiger partial charge in [0.2, 0.25) is 0 Å². The van der Waals surface area contributed by atoms with Crippen LogP contribution in [0.5, 0.6) is 0 Å². The average molecular weight is 614 g/mol. The Morgan fingerprint density at radius 2 is 0.600 bits per heavy atom. The first-order valence-electron chi connectivity index (χ1n) is 2.33. The van der Waals surface area contributed by atoms with Crippen molar-refractivity contribution in [2.24, 2.45) is 0 Å². The van der Waals surface area contributed by atoms with Crippen molar-refractivity contribution in [3.63, 3.8) is 0 Å². The quantitative estimate of drug-likeness (QED) is 0.146. The summed E-state index contributed by atoms with van der Waals surface area (Å²) in [6.07, 6.45) is 0. The molecule has 20 heteroatoms. The molecule has 0 saturated carbocycles. The summed E-state index contributed by atoms with van der Waals surface area (Å²) >= 11 is -0.363. The molecule has 0 heterocycles. The second-order valence-electron chi connectivity index (χ2n) is 1.29. The summed E-state index contributed by atoms with van der Waals surface area (Å²) in [6.45, 7) is 0. The van der Waals surface area contributed by atoms with Crippen LogP contribution < -0.4 is 0 Å². The van der Waals surface area contributed by atoms with E-state index in [0.29, 0.717) is 0 Å². The molecule has 20 heavy (non-hydrogen) atoms. The van der Waals surface area contributed by atoms with Gasteiger partial charge in [0.15, 0.2) is 0 Å². The summed E-state index contributed by atoms with van der Waals surface area (Å²) in [5.41, 5.74) is 0. The second kappa shape index (κ2) is 19.6. The van der Waals surface area contributed by atoms with Crippen molar-refractivity contribution in [3.05, 3.63) is 0 Å². The van der Waals surface area contributed by atoms with Crippen molar-refractivity contribution in [1.29, 1.82) is 0 Å². The molecule has 12 nitrogen and oxygen atoms in total. The van der Waals surface area contributed by atoms with E-state index < -0.39 is 31.2 Å². The van der Waals surface area contributed by atoms with Crippen LogP contribution in [0.4, 0.5) is 0 Å². The van der Waals surface area contributed by atoms with E-state index in [1.165, 1.54) is 0 Å². The van der Waals surface area contributed by atoms with Gasteiger partial charge in [-0.2, -0.15) is 0 Å². The molecule has 0 aliphatic carbocycles. The molecule has 0 rings (SSSR count). The van der Waals surface area contributed by atoms with Crippen LogP contribution in [0.3, 0.4) is 0 Å². The topological polar surface area (TPSA) is 241 Å². The van der Waals surface area contributed by atoms with E-state index in [-0.39, 0.29) is 74.8 Å². The van der Waals surface area contributed by atoms with Crippen LogP contribution in [-0.4, -0.2) is 112 Å². The van der Waals surface area contributed by atoms with Crippen LogP contribution in [0, 0.1) is 0 Å². The summed E-state index contributed by atoms with van der Waals surface area (Å²) in [7, 11) is -6.82. The van der Waals surface area contributed by atoms with Crippen molar-refractivity contribution in [1.82, 2.24) is 0 Å². The third-order valence-electron chi connectivity index (χ3n) is 0. The molecule has 0 aromatic carbocycles. The zero-order chi connectivity index (χ0) is 16.2. The first kappa shape index (κ1) is 38.2. The molecule has 0 aromatic heterocycles. The van der Waals surface area contributed by atoms with Crippen molar-refractivity contribution < 1.29 is 67.5 Å². The van der Waals surface area contributed by atoms with E-state index in [1.807, 2.05) is 0 Å². The Labute approximate surface area is 175 Å². The van der Waals surface area contributed by atoms with Crippen LogP contribution >= 0.6 is 19.6 Å². The predicted octanol–water partition coefficient (Wildman–Crippen LogP) is -3.48. The van der Waals surface area contributed by atoms with Gasteiger partial charge in [0, 0.05) is 31.2 Å². The normalized spacial score (nSPS) is 9.30. The average Bonchev–Trinajstić information content (AvgIpc) is 1.71. The predicted molar refractivity (Wildman–Crippen MR) is 58.1 cm³/mol. The molecule has 0 aliphatic rings. The first-order chi connectivity index (χ1) is 7.41. The van der Waals surface area contributed by atoms with E-state index in [1.54, 1.807) is 0 Å². The monoisotopic (exact) mass is 616 g/mol. The summed E-state index contributed by atoms with van der Waals surface area (Å²) in [5.74, 6) is 0. The minimum Gasteiger partial charge on any atom is 4.00 e. The SMILES string of the molecule is O=S(=O)([O-])[O-].O=S(=O)([O-])[O-].O=S(=O)([O-])[O-].[Ba+2].[S]=[Mo]=[S].[Si+4]. The van der Waals surface area contributed by atoms with Crippen LogP contribution in [0.25, 0.3) is 0 Å². The van der Waals surface area contributed by atoms with E-state index in [0.717, 1.165) is 0 Å². The van der Waals surface area contributed by atoms with Crippen molar-refractivity contribution in [2.45, 2.75) is 0 Å². The molecule has 0 bridgehead atoms. The molecule has 0 unspecified atom stereocenters. The largest absolute Gasteiger partial charge is 4.00 e. The van der Waals surface area contributed by atoms with Gasteiger partial charge in [-0.05, 0) is 0 Å². The molecule has 0 fully saturated rings. The fourth-order valence-electron chi connectivity index (χ4n) is 0. The van der Waals surface area contributed by atoms with Gasteiger partial charge >= 0.3 is 94.4 Å². The van der Waals surface area contributed by atoms with Crippen molar-refractivity contribution >= 4 is 111 Å². The first-order valence-corrected chi connectivity index (χ1v) is 11.9. The molecular formula is BaMoO12S5Si.